The SMILES string of the molecule is COc1ccc(C(=O)N2CC(N=[N+]=[N-])C2)cn1. The summed E-state index contributed by atoms with van der Waals surface area (Å²) in [5.41, 5.74) is 8.74. The van der Waals surface area contributed by atoms with E-state index >= 15 is 0 Å². The maximum absolute atomic E-state index is 11.9. The number of likely N-dealkylation sites (tertiary alicyclic amines) is 1. The van der Waals surface area contributed by atoms with E-state index in [1.54, 1.807) is 17.0 Å². The van der Waals surface area contributed by atoms with Crippen LogP contribution in [0.5, 0.6) is 5.88 Å². The maximum atomic E-state index is 11.9. The van der Waals surface area contributed by atoms with Crippen LogP contribution in [0.25, 0.3) is 10.4 Å². The van der Waals surface area contributed by atoms with Crippen molar-refractivity contribution >= 4 is 5.91 Å². The van der Waals surface area contributed by atoms with E-state index in [9.17, 15) is 4.79 Å². The Kier molecular flexibility index (Phi) is 3.11. The fraction of sp³-hybridized carbons (Fsp3) is 0.400. The molecule has 17 heavy (non-hydrogen) atoms. The molecule has 0 aromatic carbocycles. The van der Waals surface area contributed by atoms with Crippen molar-refractivity contribution in [1.29, 1.82) is 0 Å². The Morgan fingerprint density at radius 1 is 1.65 bits per heavy atom. The second kappa shape index (κ2) is 4.71. The van der Waals surface area contributed by atoms with Crippen LogP contribution in [-0.2, 0) is 0 Å². The first-order valence-corrected chi connectivity index (χ1v) is 5.08. The third-order valence-corrected chi connectivity index (χ3v) is 2.56. The van der Waals surface area contributed by atoms with Gasteiger partial charge in [0.1, 0.15) is 0 Å². The van der Waals surface area contributed by atoms with Crippen molar-refractivity contribution in [3.8, 4) is 5.88 Å². The number of hydrogen-bond acceptors (Lipinski definition) is 4. The number of ether oxygens (including phenoxy) is 1. The van der Waals surface area contributed by atoms with Gasteiger partial charge in [0.15, 0.2) is 0 Å². The molecule has 0 unspecified atom stereocenters. The summed E-state index contributed by atoms with van der Waals surface area (Å²) in [7, 11) is 1.52. The lowest BCUT2D eigenvalue weighted by atomic mass is 10.1. The van der Waals surface area contributed by atoms with Gasteiger partial charge in [0, 0.05) is 30.3 Å². The van der Waals surface area contributed by atoms with Crippen LogP contribution >= 0.6 is 0 Å². The highest BCUT2D eigenvalue weighted by Crippen LogP contribution is 2.16. The third-order valence-electron chi connectivity index (χ3n) is 2.56. The topological polar surface area (TPSA) is 91.2 Å². The van der Waals surface area contributed by atoms with E-state index in [1.807, 2.05) is 0 Å². The molecule has 0 aliphatic carbocycles. The Morgan fingerprint density at radius 2 is 2.41 bits per heavy atom. The van der Waals surface area contributed by atoms with Crippen LogP contribution in [-0.4, -0.2) is 42.0 Å². The molecule has 0 spiro atoms. The lowest BCUT2D eigenvalue weighted by molar-refractivity contribution is 0.0608. The Balaban J connectivity index is 1.99. The lowest BCUT2D eigenvalue weighted by Gasteiger charge is -2.36. The molecule has 2 heterocycles. The fourth-order valence-electron chi connectivity index (χ4n) is 1.58. The van der Waals surface area contributed by atoms with E-state index in [4.69, 9.17) is 10.3 Å². The first kappa shape index (κ1) is 11.2. The second-order valence-corrected chi connectivity index (χ2v) is 3.66. The number of nitrogens with zero attached hydrogens (tertiary/aromatic N) is 5. The predicted octanol–water partition coefficient (Wildman–Crippen LogP) is 1.22. The van der Waals surface area contributed by atoms with Gasteiger partial charge in [-0.2, -0.15) is 0 Å². The van der Waals surface area contributed by atoms with Crippen LogP contribution in [0.3, 0.4) is 0 Å². The number of rotatable bonds is 3. The number of carbonyl (C=O) groups is 1. The van der Waals surface area contributed by atoms with Crippen LogP contribution in [0.15, 0.2) is 23.4 Å². The van der Waals surface area contributed by atoms with E-state index in [1.165, 1.54) is 13.3 Å². The molecule has 1 aliphatic rings. The van der Waals surface area contributed by atoms with Gasteiger partial charge < -0.3 is 9.64 Å². The fourth-order valence-corrected chi connectivity index (χ4v) is 1.58. The zero-order valence-corrected chi connectivity index (χ0v) is 9.28. The molecule has 1 aromatic heterocycles. The molecule has 0 bridgehead atoms. The molecule has 7 nitrogen and oxygen atoms in total. The molecule has 1 saturated heterocycles. The van der Waals surface area contributed by atoms with Crippen LogP contribution in [0.2, 0.25) is 0 Å². The highest BCUT2D eigenvalue weighted by molar-refractivity contribution is 5.94. The van der Waals surface area contributed by atoms with Crippen molar-refractivity contribution in [2.24, 2.45) is 5.11 Å². The average Bonchev–Trinajstić information content (AvgIpc) is 2.32. The molecule has 1 amide bonds. The van der Waals surface area contributed by atoms with Crippen molar-refractivity contribution < 1.29 is 9.53 Å². The van der Waals surface area contributed by atoms with Crippen molar-refractivity contribution in [2.75, 3.05) is 20.2 Å². The molecule has 0 N–H and O–H groups in total. The Labute approximate surface area is 97.6 Å². The molecule has 88 valence electrons. The molecule has 7 heteroatoms. The van der Waals surface area contributed by atoms with E-state index in [0.717, 1.165) is 0 Å². The summed E-state index contributed by atoms with van der Waals surface area (Å²) in [6, 6.07) is 3.20. The minimum absolute atomic E-state index is 0.102. The summed E-state index contributed by atoms with van der Waals surface area (Å²) in [5, 5.41) is 3.53. The van der Waals surface area contributed by atoms with E-state index in [-0.39, 0.29) is 11.9 Å². The van der Waals surface area contributed by atoms with E-state index < -0.39 is 0 Å². The first-order chi connectivity index (χ1) is 8.24. The number of pyridine rings is 1. The second-order valence-electron chi connectivity index (χ2n) is 3.66. The smallest absolute Gasteiger partial charge is 0.255 e. The van der Waals surface area contributed by atoms with Gasteiger partial charge in [0.2, 0.25) is 5.88 Å². The van der Waals surface area contributed by atoms with Gasteiger partial charge in [-0.05, 0) is 11.6 Å². The van der Waals surface area contributed by atoms with Crippen molar-refractivity contribution in [2.45, 2.75) is 6.04 Å². The number of azide groups is 1. The molecular formula is C10H11N5O2. The number of methoxy groups -OCH3 is 1. The van der Waals surface area contributed by atoms with Crippen LogP contribution in [0.4, 0.5) is 0 Å². The molecule has 2 rings (SSSR count). The normalized spacial score (nSPS) is 14.8. The zero-order chi connectivity index (χ0) is 12.3. The lowest BCUT2D eigenvalue weighted by Crippen LogP contribution is -2.52. The molecule has 1 aromatic rings. The predicted molar refractivity (Wildman–Crippen MR) is 59.6 cm³/mol. The number of hydrogen-bond donors (Lipinski definition) is 0. The van der Waals surface area contributed by atoms with Crippen molar-refractivity contribution in [1.82, 2.24) is 9.88 Å². The summed E-state index contributed by atoms with van der Waals surface area (Å²) in [4.78, 5) is 20.2. The number of carbonyl (C=O) groups excluding carboxylic acids is 1. The van der Waals surface area contributed by atoms with Gasteiger partial charge in [0.25, 0.3) is 5.91 Å². The zero-order valence-electron chi connectivity index (χ0n) is 9.28. The van der Waals surface area contributed by atoms with Gasteiger partial charge in [-0.15, -0.1) is 0 Å². The van der Waals surface area contributed by atoms with Gasteiger partial charge in [-0.25, -0.2) is 4.98 Å². The molecule has 0 radical (unpaired) electrons. The van der Waals surface area contributed by atoms with Crippen LogP contribution in [0, 0.1) is 0 Å². The van der Waals surface area contributed by atoms with Crippen LogP contribution < -0.4 is 4.74 Å². The summed E-state index contributed by atoms with van der Waals surface area (Å²) in [6.07, 6.45) is 1.47. The number of aromatic nitrogens is 1. The van der Waals surface area contributed by atoms with Crippen molar-refractivity contribution in [3.63, 3.8) is 0 Å². The van der Waals surface area contributed by atoms with E-state index in [2.05, 4.69) is 15.0 Å². The third kappa shape index (κ3) is 2.29. The maximum Gasteiger partial charge on any atom is 0.255 e. The Bertz CT molecular complexity index is 460. The average molecular weight is 233 g/mol. The molecular weight excluding hydrogens is 222 g/mol. The first-order valence-electron chi connectivity index (χ1n) is 5.08. The minimum atomic E-state index is -0.107. The molecule has 1 aliphatic heterocycles. The van der Waals surface area contributed by atoms with Crippen molar-refractivity contribution in [3.05, 3.63) is 34.3 Å². The Morgan fingerprint density at radius 3 is 2.94 bits per heavy atom. The minimum Gasteiger partial charge on any atom is -0.481 e. The Hall–Kier alpha value is -2.27. The highest BCUT2D eigenvalue weighted by atomic mass is 16.5. The quantitative estimate of drug-likeness (QED) is 0.446. The van der Waals surface area contributed by atoms with Gasteiger partial charge in [-0.3, -0.25) is 4.79 Å². The summed E-state index contributed by atoms with van der Waals surface area (Å²) in [5.74, 6) is 0.363. The summed E-state index contributed by atoms with van der Waals surface area (Å²) < 4.78 is 4.91. The van der Waals surface area contributed by atoms with Gasteiger partial charge in [-0.1, -0.05) is 5.11 Å². The largest absolute Gasteiger partial charge is 0.481 e. The van der Waals surface area contributed by atoms with Gasteiger partial charge >= 0.3 is 0 Å². The van der Waals surface area contributed by atoms with Gasteiger partial charge in [0.05, 0.1) is 18.7 Å². The summed E-state index contributed by atoms with van der Waals surface area (Å²) in [6.45, 7) is 0.934. The monoisotopic (exact) mass is 233 g/mol. The molecule has 1 fully saturated rings. The molecule has 0 atom stereocenters. The number of amides is 1. The standard InChI is InChI=1S/C10H11N5O2/c1-17-9-3-2-7(4-12-9)10(16)15-5-8(6-15)13-14-11/h2-4,8H,5-6H2,1H3. The summed E-state index contributed by atoms with van der Waals surface area (Å²) >= 11 is 0. The van der Waals surface area contributed by atoms with Crippen LogP contribution in [0.1, 0.15) is 10.4 Å². The molecule has 0 saturated carbocycles. The van der Waals surface area contributed by atoms with E-state index in [0.29, 0.717) is 24.5 Å². The highest BCUT2D eigenvalue weighted by Gasteiger charge is 2.30.